The van der Waals surface area contributed by atoms with Crippen molar-refractivity contribution in [2.45, 2.75) is 19.8 Å². The number of allylic oxidation sites excluding steroid dienone is 1. The first-order chi connectivity index (χ1) is 10.1. The smallest absolute Gasteiger partial charge is 0.328 e. The lowest BCUT2D eigenvalue weighted by atomic mass is 10.2. The minimum Gasteiger partial charge on any atom is -0.490 e. The Kier molecular flexibility index (Phi) is 7.61. The molecule has 0 aliphatic rings. The van der Waals surface area contributed by atoms with Crippen LogP contribution in [0.2, 0.25) is 0 Å². The van der Waals surface area contributed by atoms with E-state index in [1.165, 1.54) is 6.08 Å². The highest BCUT2D eigenvalue weighted by molar-refractivity contribution is 9.10. The van der Waals surface area contributed by atoms with Crippen LogP contribution in [0.25, 0.3) is 6.08 Å². The van der Waals surface area contributed by atoms with Crippen molar-refractivity contribution in [3.8, 4) is 11.5 Å². The molecule has 0 aromatic heterocycles. The number of carboxylic acids is 1. The summed E-state index contributed by atoms with van der Waals surface area (Å²) in [5.74, 6) is 0.234. The highest BCUT2D eigenvalue weighted by Crippen LogP contribution is 2.37. The molecule has 0 unspecified atom stereocenters. The lowest BCUT2D eigenvalue weighted by Crippen LogP contribution is -2.02. The molecule has 0 spiro atoms. The predicted octanol–water partition coefficient (Wildman–Crippen LogP) is 4.29. The van der Waals surface area contributed by atoms with E-state index >= 15 is 0 Å². The van der Waals surface area contributed by atoms with Gasteiger partial charge in [-0.2, -0.15) is 0 Å². The van der Waals surface area contributed by atoms with Gasteiger partial charge in [-0.15, -0.1) is 6.58 Å². The van der Waals surface area contributed by atoms with Crippen LogP contribution in [-0.4, -0.2) is 24.3 Å². The maximum atomic E-state index is 10.6. The molecular weight excluding hydrogens is 336 g/mol. The van der Waals surface area contributed by atoms with Gasteiger partial charge in [0, 0.05) is 6.08 Å². The van der Waals surface area contributed by atoms with Crippen LogP contribution >= 0.6 is 15.9 Å². The molecule has 5 heteroatoms. The molecule has 0 aliphatic carbocycles. The Hall–Kier alpha value is -1.75. The third-order valence-corrected chi connectivity index (χ3v) is 3.14. The summed E-state index contributed by atoms with van der Waals surface area (Å²) in [7, 11) is 0. The predicted molar refractivity (Wildman–Crippen MR) is 86.9 cm³/mol. The summed E-state index contributed by atoms with van der Waals surface area (Å²) in [6.07, 6.45) is 6.21. The fraction of sp³-hybridized carbons (Fsp3) is 0.312. The van der Waals surface area contributed by atoms with Gasteiger partial charge in [-0.25, -0.2) is 4.79 Å². The van der Waals surface area contributed by atoms with E-state index in [0.29, 0.717) is 24.7 Å². The normalized spacial score (nSPS) is 10.6. The Bertz CT molecular complexity index is 523. The Morgan fingerprint density at radius 3 is 2.81 bits per heavy atom. The number of hydrogen-bond donors (Lipinski definition) is 1. The molecule has 1 rings (SSSR count). The molecule has 1 aromatic rings. The number of hydrogen-bond acceptors (Lipinski definition) is 3. The van der Waals surface area contributed by atoms with Crippen LogP contribution < -0.4 is 9.47 Å². The zero-order chi connectivity index (χ0) is 15.7. The zero-order valence-corrected chi connectivity index (χ0v) is 13.6. The molecule has 21 heavy (non-hydrogen) atoms. The van der Waals surface area contributed by atoms with Crippen LogP contribution in [0.3, 0.4) is 0 Å². The van der Waals surface area contributed by atoms with Crippen molar-refractivity contribution in [2.75, 3.05) is 13.2 Å². The molecule has 0 atom stereocenters. The summed E-state index contributed by atoms with van der Waals surface area (Å²) in [6.45, 7) is 6.62. The number of halogens is 1. The van der Waals surface area contributed by atoms with Crippen molar-refractivity contribution < 1.29 is 19.4 Å². The zero-order valence-electron chi connectivity index (χ0n) is 12.0. The van der Waals surface area contributed by atoms with Crippen molar-refractivity contribution in [1.29, 1.82) is 0 Å². The van der Waals surface area contributed by atoms with Crippen LogP contribution in [0, 0.1) is 0 Å². The molecule has 0 radical (unpaired) electrons. The maximum absolute atomic E-state index is 10.6. The minimum atomic E-state index is -0.992. The van der Waals surface area contributed by atoms with Crippen LogP contribution in [0.5, 0.6) is 11.5 Å². The van der Waals surface area contributed by atoms with E-state index in [1.54, 1.807) is 12.1 Å². The molecular formula is C16H19BrO4. The molecule has 114 valence electrons. The number of carbonyl (C=O) groups is 1. The molecule has 0 amide bonds. The number of carboxylic acid groups (broad SMARTS) is 1. The fourth-order valence-electron chi connectivity index (χ4n) is 1.66. The Morgan fingerprint density at radius 1 is 1.43 bits per heavy atom. The number of unbranched alkanes of at least 4 members (excludes halogenated alkanes) is 1. The van der Waals surface area contributed by atoms with Crippen LogP contribution in [0.15, 0.2) is 35.3 Å². The van der Waals surface area contributed by atoms with Gasteiger partial charge in [-0.3, -0.25) is 0 Å². The largest absolute Gasteiger partial charge is 0.490 e. The molecule has 1 aromatic carbocycles. The molecule has 0 saturated heterocycles. The number of rotatable bonds is 9. The molecule has 0 aliphatic heterocycles. The van der Waals surface area contributed by atoms with E-state index in [0.717, 1.165) is 29.0 Å². The Balaban J connectivity index is 2.95. The quantitative estimate of drug-likeness (QED) is 0.408. The number of benzene rings is 1. The Labute approximate surface area is 133 Å². The van der Waals surface area contributed by atoms with E-state index in [-0.39, 0.29) is 0 Å². The van der Waals surface area contributed by atoms with Crippen molar-refractivity contribution in [1.82, 2.24) is 0 Å². The monoisotopic (exact) mass is 354 g/mol. The molecule has 0 saturated carbocycles. The van der Waals surface area contributed by atoms with E-state index in [4.69, 9.17) is 14.6 Å². The molecule has 0 bridgehead atoms. The van der Waals surface area contributed by atoms with E-state index in [9.17, 15) is 4.79 Å². The van der Waals surface area contributed by atoms with Crippen LogP contribution in [0.4, 0.5) is 0 Å². The van der Waals surface area contributed by atoms with Gasteiger partial charge in [0.25, 0.3) is 0 Å². The van der Waals surface area contributed by atoms with Gasteiger partial charge in [0.15, 0.2) is 11.5 Å². The van der Waals surface area contributed by atoms with Gasteiger partial charge < -0.3 is 14.6 Å². The highest BCUT2D eigenvalue weighted by Gasteiger charge is 2.11. The summed E-state index contributed by atoms with van der Waals surface area (Å²) in [5.41, 5.74) is 0.728. The van der Waals surface area contributed by atoms with E-state index < -0.39 is 5.97 Å². The number of ether oxygens (including phenoxy) is 2. The molecule has 0 fully saturated rings. The Morgan fingerprint density at radius 2 is 2.19 bits per heavy atom. The van der Waals surface area contributed by atoms with Crippen molar-refractivity contribution >= 4 is 28.0 Å². The first-order valence-electron chi connectivity index (χ1n) is 6.69. The van der Waals surface area contributed by atoms with Crippen LogP contribution in [-0.2, 0) is 4.79 Å². The third-order valence-electron chi connectivity index (χ3n) is 2.55. The first-order valence-corrected chi connectivity index (χ1v) is 7.48. The summed E-state index contributed by atoms with van der Waals surface area (Å²) in [4.78, 5) is 10.6. The highest BCUT2D eigenvalue weighted by atomic mass is 79.9. The summed E-state index contributed by atoms with van der Waals surface area (Å²) in [5, 5.41) is 8.68. The summed E-state index contributed by atoms with van der Waals surface area (Å²) < 4.78 is 12.0. The average Bonchev–Trinajstić information content (AvgIpc) is 2.43. The van der Waals surface area contributed by atoms with Crippen molar-refractivity contribution in [2.24, 2.45) is 0 Å². The first kappa shape index (κ1) is 17.3. The number of aliphatic carboxylic acids is 1. The lowest BCUT2D eigenvalue weighted by Gasteiger charge is -2.14. The van der Waals surface area contributed by atoms with Gasteiger partial charge in [-0.05, 0) is 59.5 Å². The standard InChI is InChI=1S/C16H19BrO4/c1-3-5-6-9-21-16-13(17)10-12(7-8-15(18)19)11-14(16)20-4-2/h3,7-8,10-11H,1,4-6,9H2,2H3,(H,18,19). The average molecular weight is 355 g/mol. The third kappa shape index (κ3) is 6.04. The van der Waals surface area contributed by atoms with Crippen molar-refractivity contribution in [3.05, 3.63) is 40.9 Å². The second-order valence-electron chi connectivity index (χ2n) is 4.21. The van der Waals surface area contributed by atoms with Gasteiger partial charge in [0.05, 0.1) is 17.7 Å². The second-order valence-corrected chi connectivity index (χ2v) is 5.07. The maximum Gasteiger partial charge on any atom is 0.328 e. The van der Waals surface area contributed by atoms with Gasteiger partial charge >= 0.3 is 5.97 Å². The minimum absolute atomic E-state index is 0.502. The van der Waals surface area contributed by atoms with Crippen LogP contribution in [0.1, 0.15) is 25.3 Å². The van der Waals surface area contributed by atoms with Gasteiger partial charge in [0.1, 0.15) is 0 Å². The van der Waals surface area contributed by atoms with E-state index in [1.807, 2.05) is 13.0 Å². The summed E-state index contributed by atoms with van der Waals surface area (Å²) in [6, 6.07) is 3.56. The van der Waals surface area contributed by atoms with Gasteiger partial charge in [0.2, 0.25) is 0 Å². The second kappa shape index (κ2) is 9.23. The lowest BCUT2D eigenvalue weighted by molar-refractivity contribution is -0.131. The topological polar surface area (TPSA) is 55.8 Å². The van der Waals surface area contributed by atoms with Crippen molar-refractivity contribution in [3.63, 3.8) is 0 Å². The van der Waals surface area contributed by atoms with E-state index in [2.05, 4.69) is 22.5 Å². The fourth-order valence-corrected chi connectivity index (χ4v) is 2.23. The summed E-state index contributed by atoms with van der Waals surface area (Å²) >= 11 is 3.44. The molecule has 4 nitrogen and oxygen atoms in total. The van der Waals surface area contributed by atoms with Gasteiger partial charge in [-0.1, -0.05) is 6.08 Å². The molecule has 1 N–H and O–H groups in total. The molecule has 0 heterocycles. The SMILES string of the molecule is C=CCCCOc1c(Br)cc(C=CC(=O)O)cc1OCC.